The Hall–Kier alpha value is -1.62. The van der Waals surface area contributed by atoms with Gasteiger partial charge in [0.15, 0.2) is 0 Å². The Balaban J connectivity index is 1.31. The Morgan fingerprint density at radius 1 is 1.12 bits per heavy atom. The van der Waals surface area contributed by atoms with E-state index in [0.29, 0.717) is 24.0 Å². The molecular weight excluding hydrogens is 311 g/mol. The van der Waals surface area contributed by atoms with Gasteiger partial charge in [0.25, 0.3) is 0 Å². The van der Waals surface area contributed by atoms with Crippen molar-refractivity contribution in [1.29, 1.82) is 0 Å². The molecule has 0 amide bonds. The third-order valence-electron chi connectivity index (χ3n) is 5.86. The first kappa shape index (κ1) is 15.9. The van der Waals surface area contributed by atoms with Crippen LogP contribution >= 0.6 is 0 Å². The van der Waals surface area contributed by atoms with E-state index in [2.05, 4.69) is 0 Å². The molecule has 4 atom stereocenters. The van der Waals surface area contributed by atoms with E-state index in [1.165, 1.54) is 12.1 Å². The lowest BCUT2D eigenvalue weighted by atomic mass is 9.48. The van der Waals surface area contributed by atoms with Crippen LogP contribution in [0.5, 0.6) is 5.75 Å². The largest absolute Gasteiger partial charge is 0.490 e. The predicted octanol–water partition coefficient (Wildman–Crippen LogP) is 3.08. The second-order valence-electron chi connectivity index (χ2n) is 7.90. The number of aliphatic hydroxyl groups is 1. The number of hydrogen-bond acceptors (Lipinski definition) is 4. The number of carbonyl (C=O) groups is 1. The number of halogens is 1. The fourth-order valence-electron chi connectivity index (χ4n) is 5.43. The summed E-state index contributed by atoms with van der Waals surface area (Å²) >= 11 is 0. The SMILES string of the molecule is O=C(OCCOc1ccc(F)cc1)C12C[C@@H]3C[C@@H](CC(O)(C3)C1)C2. The lowest BCUT2D eigenvalue weighted by Gasteiger charge is -2.58. The van der Waals surface area contributed by atoms with Crippen LogP contribution in [0.4, 0.5) is 4.39 Å². The van der Waals surface area contributed by atoms with Crippen molar-refractivity contribution in [3.63, 3.8) is 0 Å². The highest BCUT2D eigenvalue weighted by atomic mass is 19.1. The molecule has 5 heteroatoms. The average molecular weight is 334 g/mol. The zero-order valence-electron chi connectivity index (χ0n) is 13.7. The molecule has 1 N–H and O–H groups in total. The summed E-state index contributed by atoms with van der Waals surface area (Å²) in [5, 5.41) is 10.7. The molecule has 4 aliphatic rings. The van der Waals surface area contributed by atoms with Gasteiger partial charge in [0, 0.05) is 0 Å². The van der Waals surface area contributed by atoms with Crippen LogP contribution in [0.25, 0.3) is 0 Å². The molecule has 0 aliphatic heterocycles. The number of ether oxygens (including phenoxy) is 2. The molecule has 4 saturated carbocycles. The average Bonchev–Trinajstić information content (AvgIpc) is 2.50. The fourth-order valence-corrected chi connectivity index (χ4v) is 5.43. The number of rotatable bonds is 5. The van der Waals surface area contributed by atoms with Gasteiger partial charge in [0.1, 0.15) is 24.8 Å². The molecule has 4 nitrogen and oxygen atoms in total. The van der Waals surface area contributed by atoms with Crippen molar-refractivity contribution in [2.24, 2.45) is 17.3 Å². The van der Waals surface area contributed by atoms with Crippen molar-refractivity contribution in [3.8, 4) is 5.75 Å². The van der Waals surface area contributed by atoms with Gasteiger partial charge in [-0.25, -0.2) is 4.39 Å². The van der Waals surface area contributed by atoms with Gasteiger partial charge in [-0.15, -0.1) is 0 Å². The molecule has 0 heterocycles. The molecule has 0 spiro atoms. The zero-order chi connectivity index (χ0) is 16.8. The monoisotopic (exact) mass is 334 g/mol. The summed E-state index contributed by atoms with van der Waals surface area (Å²) in [4.78, 5) is 12.7. The molecule has 24 heavy (non-hydrogen) atoms. The smallest absolute Gasteiger partial charge is 0.312 e. The van der Waals surface area contributed by atoms with Crippen LogP contribution in [0.3, 0.4) is 0 Å². The first-order valence-corrected chi connectivity index (χ1v) is 8.74. The lowest BCUT2D eigenvalue weighted by molar-refractivity contribution is -0.196. The van der Waals surface area contributed by atoms with Crippen molar-refractivity contribution in [3.05, 3.63) is 30.1 Å². The molecule has 0 aromatic heterocycles. The standard InChI is InChI=1S/C19H23FO4/c20-15-1-3-16(4-2-15)23-5-6-24-17(21)18-8-13-7-14(9-18)11-19(22,10-13)12-18/h1-4,13-14,22H,5-12H2/t13-,14+,18?,19?. The Bertz CT molecular complexity index is 613. The van der Waals surface area contributed by atoms with Crippen LogP contribution < -0.4 is 4.74 Å². The van der Waals surface area contributed by atoms with E-state index < -0.39 is 11.0 Å². The maximum atomic E-state index is 12.8. The minimum Gasteiger partial charge on any atom is -0.490 e. The van der Waals surface area contributed by atoms with Gasteiger partial charge in [-0.1, -0.05) is 0 Å². The minimum atomic E-state index is -0.659. The first-order valence-electron chi connectivity index (χ1n) is 8.74. The highest BCUT2D eigenvalue weighted by Crippen LogP contribution is 2.61. The van der Waals surface area contributed by atoms with Crippen LogP contribution in [0, 0.1) is 23.1 Å². The zero-order valence-corrected chi connectivity index (χ0v) is 13.7. The van der Waals surface area contributed by atoms with Crippen molar-refractivity contribution in [2.45, 2.75) is 44.1 Å². The number of carbonyl (C=O) groups excluding carboxylic acids is 1. The van der Waals surface area contributed by atoms with Gasteiger partial charge >= 0.3 is 5.97 Å². The van der Waals surface area contributed by atoms with E-state index in [0.717, 1.165) is 32.1 Å². The molecule has 1 aromatic rings. The third kappa shape index (κ3) is 2.90. The van der Waals surface area contributed by atoms with E-state index >= 15 is 0 Å². The Kier molecular flexibility index (Phi) is 3.79. The van der Waals surface area contributed by atoms with Crippen LogP contribution in [-0.4, -0.2) is 29.9 Å². The Labute approximate surface area is 141 Å². The lowest BCUT2D eigenvalue weighted by Crippen LogP contribution is -2.58. The van der Waals surface area contributed by atoms with Crippen molar-refractivity contribution >= 4 is 5.97 Å². The van der Waals surface area contributed by atoms with Gasteiger partial charge in [-0.2, -0.15) is 0 Å². The van der Waals surface area contributed by atoms with Crippen LogP contribution in [0.2, 0.25) is 0 Å². The third-order valence-corrected chi connectivity index (χ3v) is 5.86. The summed E-state index contributed by atoms with van der Waals surface area (Å²) < 4.78 is 23.8. The molecule has 130 valence electrons. The minimum absolute atomic E-state index is 0.172. The van der Waals surface area contributed by atoms with Crippen molar-refractivity contribution < 1.29 is 23.8 Å². The van der Waals surface area contributed by atoms with Gasteiger partial charge in [0.05, 0.1) is 11.0 Å². The molecule has 4 fully saturated rings. The van der Waals surface area contributed by atoms with Gasteiger partial charge in [0.2, 0.25) is 0 Å². The van der Waals surface area contributed by atoms with Crippen LogP contribution in [-0.2, 0) is 9.53 Å². The normalized spacial score (nSPS) is 36.6. The molecule has 1 aromatic carbocycles. The van der Waals surface area contributed by atoms with Crippen molar-refractivity contribution in [1.82, 2.24) is 0 Å². The molecular formula is C19H23FO4. The number of esters is 1. The van der Waals surface area contributed by atoms with E-state index in [4.69, 9.17) is 9.47 Å². The van der Waals surface area contributed by atoms with Gasteiger partial charge in [-0.05, 0) is 74.6 Å². The first-order chi connectivity index (χ1) is 11.5. The molecule has 4 bridgehead atoms. The van der Waals surface area contributed by atoms with Gasteiger partial charge in [-0.3, -0.25) is 4.79 Å². The predicted molar refractivity (Wildman–Crippen MR) is 84.9 cm³/mol. The molecule has 5 rings (SSSR count). The maximum absolute atomic E-state index is 12.8. The van der Waals surface area contributed by atoms with Crippen LogP contribution in [0.15, 0.2) is 24.3 Å². The summed E-state index contributed by atoms with van der Waals surface area (Å²) in [7, 11) is 0. The molecule has 0 radical (unpaired) electrons. The molecule has 0 saturated heterocycles. The highest BCUT2D eigenvalue weighted by molar-refractivity contribution is 5.77. The Morgan fingerprint density at radius 2 is 1.79 bits per heavy atom. The van der Waals surface area contributed by atoms with Crippen molar-refractivity contribution in [2.75, 3.05) is 13.2 Å². The summed E-state index contributed by atoms with van der Waals surface area (Å²) in [6, 6.07) is 5.76. The van der Waals surface area contributed by atoms with E-state index in [-0.39, 0.29) is 25.0 Å². The molecule has 4 aliphatic carbocycles. The second kappa shape index (κ2) is 5.73. The summed E-state index contributed by atoms with van der Waals surface area (Å²) in [5.74, 6) is 0.973. The van der Waals surface area contributed by atoms with Crippen LogP contribution in [0.1, 0.15) is 38.5 Å². The molecule has 2 unspecified atom stereocenters. The summed E-state index contributed by atoms with van der Waals surface area (Å²) in [6.07, 6.45) is 5.07. The second-order valence-corrected chi connectivity index (χ2v) is 7.90. The van der Waals surface area contributed by atoms with E-state index in [1.807, 2.05) is 0 Å². The van der Waals surface area contributed by atoms with Gasteiger partial charge < -0.3 is 14.6 Å². The Morgan fingerprint density at radius 3 is 2.42 bits per heavy atom. The fraction of sp³-hybridized carbons (Fsp3) is 0.632. The summed E-state index contributed by atoms with van der Waals surface area (Å²) in [5.41, 5.74) is -1.15. The number of benzene rings is 1. The number of hydrogen-bond donors (Lipinski definition) is 1. The maximum Gasteiger partial charge on any atom is 0.312 e. The van der Waals surface area contributed by atoms with E-state index in [1.54, 1.807) is 12.1 Å². The quantitative estimate of drug-likeness (QED) is 0.664. The summed E-state index contributed by atoms with van der Waals surface area (Å²) in [6.45, 7) is 0.413. The van der Waals surface area contributed by atoms with E-state index in [9.17, 15) is 14.3 Å². The highest BCUT2D eigenvalue weighted by Gasteiger charge is 2.60. The topological polar surface area (TPSA) is 55.8 Å².